The van der Waals surface area contributed by atoms with Gasteiger partial charge in [-0.2, -0.15) is 0 Å². The molecule has 5 heteroatoms. The zero-order valence-electron chi connectivity index (χ0n) is 10.6. The molecule has 0 saturated carbocycles. The molecule has 0 radical (unpaired) electrons. The fraction of sp³-hybridized carbons (Fsp3) is 0.538. The molecular formula is C13H17FN2O2. The molecule has 0 amide bonds. The van der Waals surface area contributed by atoms with Crippen molar-refractivity contribution in [2.75, 3.05) is 6.54 Å². The van der Waals surface area contributed by atoms with Crippen molar-refractivity contribution in [3.63, 3.8) is 0 Å². The van der Waals surface area contributed by atoms with Gasteiger partial charge in [0.1, 0.15) is 11.4 Å². The van der Waals surface area contributed by atoms with Gasteiger partial charge in [-0.1, -0.05) is 0 Å². The molecule has 1 aliphatic rings. The predicted octanol–water partition coefficient (Wildman–Crippen LogP) is 2.22. The Morgan fingerprint density at radius 3 is 2.89 bits per heavy atom. The van der Waals surface area contributed by atoms with Crippen LogP contribution in [0.25, 0.3) is 0 Å². The molecule has 2 unspecified atom stereocenters. The lowest BCUT2D eigenvalue weighted by Gasteiger charge is -2.35. The predicted molar refractivity (Wildman–Crippen MR) is 64.6 cm³/mol. The Hall–Kier alpha value is -1.49. The molecule has 0 aliphatic carbocycles. The van der Waals surface area contributed by atoms with E-state index in [1.807, 2.05) is 11.8 Å². The number of halogens is 1. The standard InChI is InChI=1S/C13H17FN2O2/c1-9(11-5-4-10(14)8-15-11)16-7-3-6-13(16,2)12(17)18/h4-5,8-9H,3,6-7H2,1-2H3,(H,17,18). The second-order valence-corrected chi connectivity index (χ2v) is 4.95. The number of nitrogens with zero attached hydrogens (tertiary/aromatic N) is 2. The highest BCUT2D eigenvalue weighted by Gasteiger charge is 2.45. The maximum absolute atomic E-state index is 12.8. The van der Waals surface area contributed by atoms with E-state index in [4.69, 9.17) is 0 Å². The van der Waals surface area contributed by atoms with Crippen LogP contribution in [0.2, 0.25) is 0 Å². The number of carboxylic acids is 1. The van der Waals surface area contributed by atoms with Crippen molar-refractivity contribution in [1.29, 1.82) is 0 Å². The third-order valence-corrected chi connectivity index (χ3v) is 3.80. The minimum Gasteiger partial charge on any atom is -0.480 e. The van der Waals surface area contributed by atoms with E-state index in [2.05, 4.69) is 4.98 Å². The Labute approximate surface area is 105 Å². The van der Waals surface area contributed by atoms with Gasteiger partial charge < -0.3 is 5.11 Å². The molecule has 1 fully saturated rings. The number of aromatic nitrogens is 1. The number of carbonyl (C=O) groups is 1. The van der Waals surface area contributed by atoms with Crippen LogP contribution in [0.5, 0.6) is 0 Å². The number of hydrogen-bond acceptors (Lipinski definition) is 3. The first-order chi connectivity index (χ1) is 8.45. The Bertz CT molecular complexity index is 449. The van der Waals surface area contributed by atoms with E-state index in [0.717, 1.165) is 13.0 Å². The quantitative estimate of drug-likeness (QED) is 0.896. The van der Waals surface area contributed by atoms with Crippen LogP contribution in [0.15, 0.2) is 18.3 Å². The normalized spacial score (nSPS) is 26.2. The molecule has 2 atom stereocenters. The summed E-state index contributed by atoms with van der Waals surface area (Å²) in [5, 5.41) is 9.36. The summed E-state index contributed by atoms with van der Waals surface area (Å²) in [5.41, 5.74) is -0.152. The lowest BCUT2D eigenvalue weighted by Crippen LogP contribution is -2.49. The third kappa shape index (κ3) is 2.10. The SMILES string of the molecule is CC(c1ccc(F)cn1)N1CCCC1(C)C(=O)O. The second kappa shape index (κ2) is 4.65. The molecule has 1 aromatic heterocycles. The minimum atomic E-state index is -0.852. The first-order valence-corrected chi connectivity index (χ1v) is 6.07. The summed E-state index contributed by atoms with van der Waals surface area (Å²) in [7, 11) is 0. The Morgan fingerprint density at radius 1 is 1.61 bits per heavy atom. The first kappa shape index (κ1) is 13.0. The van der Waals surface area contributed by atoms with Crippen molar-refractivity contribution in [2.45, 2.75) is 38.3 Å². The molecule has 2 rings (SSSR count). The van der Waals surface area contributed by atoms with Crippen molar-refractivity contribution in [3.8, 4) is 0 Å². The monoisotopic (exact) mass is 252 g/mol. The highest BCUT2D eigenvalue weighted by atomic mass is 19.1. The van der Waals surface area contributed by atoms with E-state index in [1.54, 1.807) is 13.0 Å². The highest BCUT2D eigenvalue weighted by Crippen LogP contribution is 2.36. The fourth-order valence-electron chi connectivity index (χ4n) is 2.63. The van der Waals surface area contributed by atoms with Gasteiger partial charge >= 0.3 is 5.97 Å². The van der Waals surface area contributed by atoms with Crippen LogP contribution in [-0.2, 0) is 4.79 Å². The number of likely N-dealkylation sites (tertiary alicyclic amines) is 1. The molecule has 0 aromatic carbocycles. The summed E-state index contributed by atoms with van der Waals surface area (Å²) in [4.78, 5) is 17.4. The Kier molecular flexibility index (Phi) is 3.34. The summed E-state index contributed by atoms with van der Waals surface area (Å²) >= 11 is 0. The van der Waals surface area contributed by atoms with Crippen molar-refractivity contribution in [1.82, 2.24) is 9.88 Å². The lowest BCUT2D eigenvalue weighted by molar-refractivity contribution is -0.149. The summed E-state index contributed by atoms with van der Waals surface area (Å²) in [5.74, 6) is -1.19. The number of hydrogen-bond donors (Lipinski definition) is 1. The van der Waals surface area contributed by atoms with Gasteiger partial charge in [0.05, 0.1) is 17.9 Å². The van der Waals surface area contributed by atoms with Crippen molar-refractivity contribution < 1.29 is 14.3 Å². The van der Waals surface area contributed by atoms with Gasteiger partial charge in [0, 0.05) is 0 Å². The maximum atomic E-state index is 12.8. The van der Waals surface area contributed by atoms with Gasteiger partial charge in [0.15, 0.2) is 0 Å². The molecule has 98 valence electrons. The minimum absolute atomic E-state index is 0.130. The summed E-state index contributed by atoms with van der Waals surface area (Å²) in [6.07, 6.45) is 2.65. The molecule has 2 heterocycles. The van der Waals surface area contributed by atoms with Crippen LogP contribution in [0.1, 0.15) is 38.4 Å². The van der Waals surface area contributed by atoms with Gasteiger partial charge in [-0.15, -0.1) is 0 Å². The topological polar surface area (TPSA) is 53.4 Å². The average Bonchev–Trinajstić information content (AvgIpc) is 2.73. The lowest BCUT2D eigenvalue weighted by atomic mass is 9.97. The van der Waals surface area contributed by atoms with Crippen LogP contribution < -0.4 is 0 Å². The zero-order valence-corrected chi connectivity index (χ0v) is 10.6. The number of rotatable bonds is 3. The summed E-state index contributed by atoms with van der Waals surface area (Å²) < 4.78 is 12.8. The maximum Gasteiger partial charge on any atom is 0.323 e. The van der Waals surface area contributed by atoms with Gasteiger partial charge in [-0.25, -0.2) is 4.39 Å². The van der Waals surface area contributed by atoms with Crippen LogP contribution in [0.3, 0.4) is 0 Å². The molecular weight excluding hydrogens is 235 g/mol. The molecule has 1 N–H and O–H groups in total. The molecule has 4 nitrogen and oxygen atoms in total. The van der Waals surface area contributed by atoms with Crippen LogP contribution in [0, 0.1) is 5.82 Å². The number of pyridine rings is 1. The van der Waals surface area contributed by atoms with Gasteiger partial charge in [-0.3, -0.25) is 14.7 Å². The summed E-state index contributed by atoms with van der Waals surface area (Å²) in [6.45, 7) is 4.37. The first-order valence-electron chi connectivity index (χ1n) is 6.07. The van der Waals surface area contributed by atoms with Crippen molar-refractivity contribution in [3.05, 3.63) is 29.8 Å². The van der Waals surface area contributed by atoms with E-state index in [1.165, 1.54) is 12.3 Å². The van der Waals surface area contributed by atoms with E-state index < -0.39 is 11.5 Å². The van der Waals surface area contributed by atoms with Crippen molar-refractivity contribution in [2.24, 2.45) is 0 Å². The van der Waals surface area contributed by atoms with Gasteiger partial charge in [-0.05, 0) is 45.4 Å². The number of aliphatic carboxylic acids is 1. The van der Waals surface area contributed by atoms with E-state index in [0.29, 0.717) is 12.1 Å². The van der Waals surface area contributed by atoms with Gasteiger partial charge in [0.2, 0.25) is 0 Å². The molecule has 1 aromatic rings. The summed E-state index contributed by atoms with van der Waals surface area (Å²) in [6, 6.07) is 2.84. The fourth-order valence-corrected chi connectivity index (χ4v) is 2.63. The smallest absolute Gasteiger partial charge is 0.323 e. The highest BCUT2D eigenvalue weighted by molar-refractivity contribution is 5.78. The zero-order chi connectivity index (χ0) is 13.3. The van der Waals surface area contributed by atoms with E-state index >= 15 is 0 Å². The molecule has 18 heavy (non-hydrogen) atoms. The molecule has 0 spiro atoms. The second-order valence-electron chi connectivity index (χ2n) is 4.95. The third-order valence-electron chi connectivity index (χ3n) is 3.80. The molecule has 0 bridgehead atoms. The van der Waals surface area contributed by atoms with Crippen LogP contribution in [0.4, 0.5) is 4.39 Å². The molecule has 1 saturated heterocycles. The Balaban J connectivity index is 2.25. The van der Waals surface area contributed by atoms with Crippen LogP contribution in [-0.4, -0.2) is 33.0 Å². The largest absolute Gasteiger partial charge is 0.480 e. The van der Waals surface area contributed by atoms with E-state index in [9.17, 15) is 14.3 Å². The van der Waals surface area contributed by atoms with Crippen LogP contribution >= 0.6 is 0 Å². The average molecular weight is 252 g/mol. The Morgan fingerprint density at radius 2 is 2.33 bits per heavy atom. The van der Waals surface area contributed by atoms with Crippen molar-refractivity contribution >= 4 is 5.97 Å². The number of carboxylic acid groups (broad SMARTS) is 1. The van der Waals surface area contributed by atoms with E-state index in [-0.39, 0.29) is 11.9 Å². The molecule has 1 aliphatic heterocycles. The van der Waals surface area contributed by atoms with Gasteiger partial charge in [0.25, 0.3) is 0 Å².